The van der Waals surface area contributed by atoms with E-state index in [1.165, 1.54) is 0 Å². The first-order valence-corrected chi connectivity index (χ1v) is 6.64. The summed E-state index contributed by atoms with van der Waals surface area (Å²) in [5.41, 5.74) is 3.06. The van der Waals surface area contributed by atoms with Crippen molar-refractivity contribution in [2.75, 3.05) is 7.05 Å². The quantitative estimate of drug-likeness (QED) is 0.838. The van der Waals surface area contributed by atoms with Crippen LogP contribution in [0.1, 0.15) is 5.56 Å². The topological polar surface area (TPSA) is 12.0 Å². The number of nitrogens with one attached hydrogen (secondary N) is 1. The summed E-state index contributed by atoms with van der Waals surface area (Å²) in [4.78, 5) is 0. The fraction of sp³-hybridized carbons (Fsp3) is 0.143. The van der Waals surface area contributed by atoms with Crippen molar-refractivity contribution in [2.45, 2.75) is 6.54 Å². The Morgan fingerprint density at radius 3 is 2.50 bits per heavy atom. The third-order valence-corrected chi connectivity index (χ3v) is 3.73. The summed E-state index contributed by atoms with van der Waals surface area (Å²) < 4.78 is 0. The lowest BCUT2D eigenvalue weighted by molar-refractivity contribution is 0.819. The minimum absolute atomic E-state index is 0.555. The molecule has 4 heteroatoms. The first-order valence-electron chi connectivity index (χ1n) is 5.51. The average Bonchev–Trinajstić information content (AvgIpc) is 2.34. The van der Waals surface area contributed by atoms with Gasteiger partial charge in [0, 0.05) is 17.1 Å². The van der Waals surface area contributed by atoms with Gasteiger partial charge in [0.25, 0.3) is 0 Å². The average molecular weight is 301 g/mol. The molecule has 0 aliphatic carbocycles. The first kappa shape index (κ1) is 13.7. The fourth-order valence-electron chi connectivity index (χ4n) is 1.87. The molecule has 18 heavy (non-hydrogen) atoms. The van der Waals surface area contributed by atoms with Gasteiger partial charge < -0.3 is 5.32 Å². The molecular formula is C14H12Cl3N. The van der Waals surface area contributed by atoms with Crippen LogP contribution in [0.2, 0.25) is 15.1 Å². The highest BCUT2D eigenvalue weighted by Crippen LogP contribution is 2.35. The van der Waals surface area contributed by atoms with Gasteiger partial charge in [-0.05, 0) is 36.4 Å². The van der Waals surface area contributed by atoms with Gasteiger partial charge >= 0.3 is 0 Å². The van der Waals surface area contributed by atoms with Crippen LogP contribution in [0.25, 0.3) is 11.1 Å². The molecule has 0 aromatic heterocycles. The standard InChI is InChI=1S/C14H12Cl3N/c1-18-8-9-7-10(15)5-6-11(9)12-3-2-4-13(16)14(12)17/h2-7,18H,8H2,1H3. The largest absolute Gasteiger partial charge is 0.316 e. The normalized spacial score (nSPS) is 10.7. The smallest absolute Gasteiger partial charge is 0.0670 e. The maximum absolute atomic E-state index is 6.25. The Labute approximate surface area is 122 Å². The zero-order valence-electron chi connectivity index (χ0n) is 9.81. The van der Waals surface area contributed by atoms with Gasteiger partial charge in [0.15, 0.2) is 0 Å². The van der Waals surface area contributed by atoms with Crippen molar-refractivity contribution >= 4 is 34.8 Å². The second-order valence-electron chi connectivity index (χ2n) is 3.93. The van der Waals surface area contributed by atoms with Crippen molar-refractivity contribution in [3.05, 3.63) is 57.0 Å². The van der Waals surface area contributed by atoms with Crippen molar-refractivity contribution in [1.29, 1.82) is 0 Å². The number of rotatable bonds is 3. The van der Waals surface area contributed by atoms with Crippen molar-refractivity contribution in [2.24, 2.45) is 0 Å². The van der Waals surface area contributed by atoms with Gasteiger partial charge in [0.1, 0.15) is 0 Å². The zero-order valence-corrected chi connectivity index (χ0v) is 12.1. The lowest BCUT2D eigenvalue weighted by Crippen LogP contribution is -2.06. The Balaban J connectivity index is 2.59. The molecule has 94 valence electrons. The molecule has 0 fully saturated rings. The van der Waals surface area contributed by atoms with Crippen LogP contribution in [-0.2, 0) is 6.54 Å². The van der Waals surface area contributed by atoms with Gasteiger partial charge in [-0.1, -0.05) is 53.0 Å². The molecule has 0 aliphatic rings. The van der Waals surface area contributed by atoms with E-state index in [4.69, 9.17) is 34.8 Å². The minimum Gasteiger partial charge on any atom is -0.316 e. The number of halogens is 3. The molecule has 0 saturated carbocycles. The molecule has 1 N–H and O–H groups in total. The summed E-state index contributed by atoms with van der Waals surface area (Å²) in [6, 6.07) is 11.4. The van der Waals surface area contributed by atoms with E-state index in [-0.39, 0.29) is 0 Å². The van der Waals surface area contributed by atoms with Crippen molar-refractivity contribution in [3.8, 4) is 11.1 Å². The summed E-state index contributed by atoms with van der Waals surface area (Å²) >= 11 is 18.3. The van der Waals surface area contributed by atoms with Crippen LogP contribution in [0, 0.1) is 0 Å². The maximum atomic E-state index is 6.25. The summed E-state index contributed by atoms with van der Waals surface area (Å²) in [6.45, 7) is 0.721. The Morgan fingerprint density at radius 2 is 1.78 bits per heavy atom. The number of benzene rings is 2. The van der Waals surface area contributed by atoms with Crippen molar-refractivity contribution in [1.82, 2.24) is 5.32 Å². The van der Waals surface area contributed by atoms with Gasteiger partial charge in [-0.2, -0.15) is 0 Å². The highest BCUT2D eigenvalue weighted by molar-refractivity contribution is 6.43. The molecule has 0 spiro atoms. The molecule has 0 radical (unpaired) electrons. The first-order chi connectivity index (χ1) is 8.63. The number of hydrogen-bond donors (Lipinski definition) is 1. The second kappa shape index (κ2) is 5.94. The second-order valence-corrected chi connectivity index (χ2v) is 5.15. The van der Waals surface area contributed by atoms with Gasteiger partial charge in [0.05, 0.1) is 10.0 Å². The van der Waals surface area contributed by atoms with Crippen LogP contribution in [0.4, 0.5) is 0 Å². The lowest BCUT2D eigenvalue weighted by atomic mass is 9.99. The molecule has 0 bridgehead atoms. The van der Waals surface area contributed by atoms with Gasteiger partial charge in [-0.3, -0.25) is 0 Å². The Bertz CT molecular complexity index is 567. The van der Waals surface area contributed by atoms with Crippen LogP contribution in [0.3, 0.4) is 0 Å². The van der Waals surface area contributed by atoms with E-state index in [0.717, 1.165) is 23.2 Å². The van der Waals surface area contributed by atoms with Crippen LogP contribution in [-0.4, -0.2) is 7.05 Å². The SMILES string of the molecule is CNCc1cc(Cl)ccc1-c1cccc(Cl)c1Cl. The van der Waals surface area contributed by atoms with Crippen LogP contribution < -0.4 is 5.32 Å². The molecule has 0 amide bonds. The van der Waals surface area contributed by atoms with E-state index in [1.807, 2.05) is 37.4 Å². The number of hydrogen-bond acceptors (Lipinski definition) is 1. The van der Waals surface area contributed by atoms with E-state index >= 15 is 0 Å². The molecule has 0 unspecified atom stereocenters. The Kier molecular flexibility index (Phi) is 4.52. The molecule has 2 rings (SSSR count). The third kappa shape index (κ3) is 2.81. The fourth-order valence-corrected chi connectivity index (χ4v) is 2.47. The van der Waals surface area contributed by atoms with Gasteiger partial charge in [-0.25, -0.2) is 0 Å². The van der Waals surface area contributed by atoms with Crippen LogP contribution in [0.15, 0.2) is 36.4 Å². The molecule has 0 heterocycles. The third-order valence-electron chi connectivity index (χ3n) is 2.68. The summed E-state index contributed by atoms with van der Waals surface area (Å²) in [5, 5.41) is 4.95. The van der Waals surface area contributed by atoms with E-state index < -0.39 is 0 Å². The predicted octanol–water partition coefficient (Wildman–Crippen LogP) is 5.03. The highest BCUT2D eigenvalue weighted by atomic mass is 35.5. The van der Waals surface area contributed by atoms with Gasteiger partial charge in [0.2, 0.25) is 0 Å². The predicted molar refractivity (Wildman–Crippen MR) is 79.7 cm³/mol. The molecule has 1 nitrogen and oxygen atoms in total. The molecule has 2 aromatic rings. The maximum Gasteiger partial charge on any atom is 0.0670 e. The van der Waals surface area contributed by atoms with Crippen LogP contribution in [0.5, 0.6) is 0 Å². The van der Waals surface area contributed by atoms with Crippen molar-refractivity contribution < 1.29 is 0 Å². The summed E-state index contributed by atoms with van der Waals surface area (Å²) in [6.07, 6.45) is 0. The summed E-state index contributed by atoms with van der Waals surface area (Å²) in [5.74, 6) is 0. The molecule has 2 aromatic carbocycles. The van der Waals surface area contributed by atoms with E-state index in [9.17, 15) is 0 Å². The lowest BCUT2D eigenvalue weighted by Gasteiger charge is -2.12. The van der Waals surface area contributed by atoms with Crippen molar-refractivity contribution in [3.63, 3.8) is 0 Å². The molecule has 0 atom stereocenters. The highest BCUT2D eigenvalue weighted by Gasteiger charge is 2.11. The molecule has 0 aliphatic heterocycles. The Morgan fingerprint density at radius 1 is 1.00 bits per heavy atom. The van der Waals surface area contributed by atoms with Gasteiger partial charge in [-0.15, -0.1) is 0 Å². The zero-order chi connectivity index (χ0) is 13.1. The van der Waals surface area contributed by atoms with E-state index in [1.54, 1.807) is 6.07 Å². The monoisotopic (exact) mass is 299 g/mol. The Hall–Kier alpha value is -0.730. The minimum atomic E-state index is 0.555. The van der Waals surface area contributed by atoms with E-state index in [2.05, 4.69) is 5.32 Å². The van der Waals surface area contributed by atoms with E-state index in [0.29, 0.717) is 15.1 Å². The molecule has 0 saturated heterocycles. The van der Waals surface area contributed by atoms with Crippen LogP contribution >= 0.6 is 34.8 Å². The molecular weight excluding hydrogens is 289 g/mol. The summed E-state index contributed by atoms with van der Waals surface area (Å²) in [7, 11) is 1.89.